The van der Waals surface area contributed by atoms with E-state index in [9.17, 15) is 0 Å². The zero-order valence-corrected chi connectivity index (χ0v) is 8.34. The van der Waals surface area contributed by atoms with Crippen molar-refractivity contribution >= 4 is 0 Å². The highest BCUT2D eigenvalue weighted by molar-refractivity contribution is 4.72. The molecular formula is C9H20N2O2. The van der Waals surface area contributed by atoms with Gasteiger partial charge >= 0.3 is 0 Å². The van der Waals surface area contributed by atoms with Gasteiger partial charge in [0.05, 0.1) is 13.2 Å². The van der Waals surface area contributed by atoms with Crippen molar-refractivity contribution in [2.24, 2.45) is 0 Å². The van der Waals surface area contributed by atoms with Crippen LogP contribution in [0, 0.1) is 0 Å². The summed E-state index contributed by atoms with van der Waals surface area (Å²) in [7, 11) is 1.67. The van der Waals surface area contributed by atoms with Crippen LogP contribution in [-0.4, -0.2) is 39.5 Å². The van der Waals surface area contributed by atoms with Crippen molar-refractivity contribution < 1.29 is 9.57 Å². The first kappa shape index (κ1) is 10.9. The summed E-state index contributed by atoms with van der Waals surface area (Å²) in [6.45, 7) is 3.29. The molecule has 13 heavy (non-hydrogen) atoms. The molecule has 0 aromatic rings. The van der Waals surface area contributed by atoms with Gasteiger partial charge in [-0.1, -0.05) is 6.42 Å². The first-order chi connectivity index (χ1) is 6.43. The molecule has 4 nitrogen and oxygen atoms in total. The van der Waals surface area contributed by atoms with Crippen LogP contribution in [0.5, 0.6) is 0 Å². The number of hydrogen-bond donors (Lipinski definition) is 2. The number of nitrogens with one attached hydrogen (secondary N) is 2. The largest absolute Gasteiger partial charge is 0.382 e. The Morgan fingerprint density at radius 1 is 1.38 bits per heavy atom. The lowest BCUT2D eigenvalue weighted by Gasteiger charge is -2.23. The number of methoxy groups -OCH3 is 1. The summed E-state index contributed by atoms with van der Waals surface area (Å²) < 4.78 is 4.85. The van der Waals surface area contributed by atoms with Gasteiger partial charge in [-0.25, -0.2) is 5.48 Å². The second-order valence-corrected chi connectivity index (χ2v) is 3.34. The number of ether oxygens (including phenoxy) is 1. The molecule has 1 aliphatic rings. The highest BCUT2D eigenvalue weighted by Gasteiger charge is 2.11. The number of hydrogen-bond acceptors (Lipinski definition) is 4. The van der Waals surface area contributed by atoms with Crippen molar-refractivity contribution in [1.82, 2.24) is 10.8 Å². The third kappa shape index (κ3) is 5.21. The molecule has 0 aromatic heterocycles. The van der Waals surface area contributed by atoms with E-state index in [0.29, 0.717) is 19.3 Å². The molecule has 0 radical (unpaired) electrons. The average Bonchev–Trinajstić information content (AvgIpc) is 2.19. The summed E-state index contributed by atoms with van der Waals surface area (Å²) in [6, 6.07) is 0.580. The van der Waals surface area contributed by atoms with Crippen molar-refractivity contribution in [3.63, 3.8) is 0 Å². The molecule has 1 heterocycles. The monoisotopic (exact) mass is 188 g/mol. The second kappa shape index (κ2) is 7.26. The van der Waals surface area contributed by atoms with E-state index in [4.69, 9.17) is 9.57 Å². The van der Waals surface area contributed by atoms with Crippen LogP contribution in [0.1, 0.15) is 19.3 Å². The molecule has 0 saturated carbocycles. The van der Waals surface area contributed by atoms with E-state index < -0.39 is 0 Å². The molecule has 0 bridgehead atoms. The Balaban J connectivity index is 1.86. The average molecular weight is 188 g/mol. The Labute approximate surface area is 79.9 Å². The Bertz CT molecular complexity index is 116. The Hall–Kier alpha value is -0.160. The molecule has 2 N–H and O–H groups in total. The van der Waals surface area contributed by atoms with Gasteiger partial charge in [-0.2, -0.15) is 0 Å². The van der Waals surface area contributed by atoms with Gasteiger partial charge in [0.25, 0.3) is 0 Å². The van der Waals surface area contributed by atoms with Crippen LogP contribution < -0.4 is 10.8 Å². The number of hydroxylamine groups is 1. The van der Waals surface area contributed by atoms with Crippen molar-refractivity contribution in [2.45, 2.75) is 25.3 Å². The predicted octanol–water partition coefficient (Wildman–Crippen LogP) is 0.296. The molecule has 1 saturated heterocycles. The van der Waals surface area contributed by atoms with Gasteiger partial charge in [-0.05, 0) is 19.4 Å². The third-order valence-electron chi connectivity index (χ3n) is 2.23. The Kier molecular flexibility index (Phi) is 6.10. The van der Waals surface area contributed by atoms with Crippen LogP contribution in [0.2, 0.25) is 0 Å². The smallest absolute Gasteiger partial charge is 0.0915 e. The van der Waals surface area contributed by atoms with Crippen molar-refractivity contribution in [2.75, 3.05) is 33.4 Å². The fourth-order valence-corrected chi connectivity index (χ4v) is 1.45. The van der Waals surface area contributed by atoms with Gasteiger partial charge < -0.3 is 10.1 Å². The predicted molar refractivity (Wildman–Crippen MR) is 51.5 cm³/mol. The summed E-state index contributed by atoms with van der Waals surface area (Å²) in [5.74, 6) is 0. The van der Waals surface area contributed by atoms with Gasteiger partial charge in [-0.15, -0.1) is 0 Å². The fraction of sp³-hybridized carbons (Fsp3) is 1.00. The van der Waals surface area contributed by atoms with Crippen LogP contribution in [0.4, 0.5) is 0 Å². The van der Waals surface area contributed by atoms with E-state index in [1.54, 1.807) is 7.11 Å². The summed E-state index contributed by atoms with van der Waals surface area (Å²) in [6.07, 6.45) is 3.89. The first-order valence-electron chi connectivity index (χ1n) is 5.00. The van der Waals surface area contributed by atoms with E-state index >= 15 is 0 Å². The maximum Gasteiger partial charge on any atom is 0.0915 e. The van der Waals surface area contributed by atoms with Crippen LogP contribution >= 0.6 is 0 Å². The van der Waals surface area contributed by atoms with Crippen molar-refractivity contribution in [3.05, 3.63) is 0 Å². The van der Waals surface area contributed by atoms with E-state index in [1.807, 2.05) is 0 Å². The topological polar surface area (TPSA) is 42.5 Å². The number of rotatable bonds is 6. The summed E-state index contributed by atoms with van der Waals surface area (Å²) >= 11 is 0. The molecule has 1 atom stereocenters. The van der Waals surface area contributed by atoms with E-state index in [-0.39, 0.29) is 0 Å². The molecule has 0 amide bonds. The molecule has 1 unspecified atom stereocenters. The molecule has 0 spiro atoms. The minimum Gasteiger partial charge on any atom is -0.382 e. The lowest BCUT2D eigenvalue weighted by atomic mass is 10.1. The zero-order chi connectivity index (χ0) is 9.36. The van der Waals surface area contributed by atoms with Gasteiger partial charge in [0.1, 0.15) is 0 Å². The minimum atomic E-state index is 0.580. The maximum absolute atomic E-state index is 5.16. The van der Waals surface area contributed by atoms with Crippen LogP contribution in [0.15, 0.2) is 0 Å². The molecule has 1 fully saturated rings. The SMILES string of the molecule is COCCONCC1CCCCN1. The van der Waals surface area contributed by atoms with Crippen molar-refractivity contribution in [1.29, 1.82) is 0 Å². The fourth-order valence-electron chi connectivity index (χ4n) is 1.45. The number of piperidine rings is 1. The van der Waals surface area contributed by atoms with E-state index in [2.05, 4.69) is 10.8 Å². The highest BCUT2D eigenvalue weighted by atomic mass is 16.7. The van der Waals surface area contributed by atoms with Gasteiger partial charge in [0, 0.05) is 19.7 Å². The third-order valence-corrected chi connectivity index (χ3v) is 2.23. The maximum atomic E-state index is 5.16. The summed E-state index contributed by atoms with van der Waals surface area (Å²) in [5.41, 5.74) is 2.95. The molecule has 4 heteroatoms. The summed E-state index contributed by atoms with van der Waals surface area (Å²) in [5, 5.41) is 3.44. The lowest BCUT2D eigenvalue weighted by Crippen LogP contribution is -2.41. The first-order valence-corrected chi connectivity index (χ1v) is 5.00. The van der Waals surface area contributed by atoms with Gasteiger partial charge in [0.2, 0.25) is 0 Å². The Morgan fingerprint density at radius 2 is 2.31 bits per heavy atom. The molecule has 1 aliphatic heterocycles. The van der Waals surface area contributed by atoms with Gasteiger partial charge in [-0.3, -0.25) is 4.84 Å². The summed E-state index contributed by atoms with van der Waals surface area (Å²) in [4.78, 5) is 5.16. The second-order valence-electron chi connectivity index (χ2n) is 3.34. The molecular weight excluding hydrogens is 168 g/mol. The van der Waals surface area contributed by atoms with Crippen LogP contribution in [0.25, 0.3) is 0 Å². The van der Waals surface area contributed by atoms with E-state index in [0.717, 1.165) is 13.1 Å². The zero-order valence-electron chi connectivity index (χ0n) is 8.34. The molecule has 0 aromatic carbocycles. The normalized spacial score (nSPS) is 23.3. The molecule has 0 aliphatic carbocycles. The van der Waals surface area contributed by atoms with Crippen molar-refractivity contribution in [3.8, 4) is 0 Å². The van der Waals surface area contributed by atoms with Crippen LogP contribution in [-0.2, 0) is 9.57 Å². The van der Waals surface area contributed by atoms with E-state index in [1.165, 1.54) is 19.3 Å². The van der Waals surface area contributed by atoms with Gasteiger partial charge in [0.15, 0.2) is 0 Å². The Morgan fingerprint density at radius 3 is 3.00 bits per heavy atom. The lowest BCUT2D eigenvalue weighted by molar-refractivity contribution is 0.00229. The molecule has 78 valence electrons. The quantitative estimate of drug-likeness (QED) is 0.464. The molecule has 1 rings (SSSR count). The van der Waals surface area contributed by atoms with Crippen LogP contribution in [0.3, 0.4) is 0 Å². The minimum absolute atomic E-state index is 0.580. The highest BCUT2D eigenvalue weighted by Crippen LogP contribution is 2.05. The standard InChI is InChI=1S/C9H20N2O2/c1-12-6-7-13-11-8-9-4-2-3-5-10-9/h9-11H,2-8H2,1H3.